The van der Waals surface area contributed by atoms with Crippen LogP contribution in [0.25, 0.3) is 0 Å². The predicted molar refractivity (Wildman–Crippen MR) is 63.9 cm³/mol. The number of rotatable bonds is 4. The molecule has 0 aromatic carbocycles. The number of nitrogens with zero attached hydrogens (tertiary/aromatic N) is 2. The first-order valence-electron chi connectivity index (χ1n) is 6.48. The fraction of sp³-hybridized carbons (Fsp3) is 0.833. The minimum Gasteiger partial charge on any atom is -0.321 e. The molecule has 90 valence electrons. The van der Waals surface area contributed by atoms with Crippen molar-refractivity contribution in [2.45, 2.75) is 57.9 Å². The van der Waals surface area contributed by atoms with Gasteiger partial charge in [-0.2, -0.15) is 5.10 Å². The third-order valence-electron chi connectivity index (χ3n) is 3.49. The molecular weight excluding hydrogens is 200 g/mol. The van der Waals surface area contributed by atoms with Gasteiger partial charge >= 0.3 is 0 Å². The van der Waals surface area contributed by atoms with E-state index in [0.717, 1.165) is 24.5 Å². The van der Waals surface area contributed by atoms with E-state index < -0.39 is 0 Å². The Morgan fingerprint density at radius 1 is 1.38 bits per heavy atom. The van der Waals surface area contributed by atoms with Crippen LogP contribution >= 0.6 is 0 Å². The van der Waals surface area contributed by atoms with Gasteiger partial charge in [-0.25, -0.2) is 4.98 Å². The minimum absolute atomic E-state index is 0.0298. The average Bonchev–Trinajstić information content (AvgIpc) is 2.78. The number of nitrogens with one attached hydrogen (secondary N) is 1. The summed E-state index contributed by atoms with van der Waals surface area (Å²) in [6.07, 6.45) is 8.50. The van der Waals surface area contributed by atoms with Crippen LogP contribution in [0, 0.1) is 5.92 Å². The van der Waals surface area contributed by atoms with Crippen molar-refractivity contribution in [1.82, 2.24) is 15.2 Å². The Kier molecular flexibility index (Phi) is 3.93. The molecule has 16 heavy (non-hydrogen) atoms. The van der Waals surface area contributed by atoms with E-state index in [1.54, 1.807) is 0 Å². The molecular formula is C12H22N4. The van der Waals surface area contributed by atoms with Crippen molar-refractivity contribution in [1.29, 1.82) is 0 Å². The van der Waals surface area contributed by atoms with Crippen LogP contribution in [-0.4, -0.2) is 15.2 Å². The van der Waals surface area contributed by atoms with Crippen molar-refractivity contribution in [2.75, 3.05) is 0 Å². The molecule has 4 heteroatoms. The summed E-state index contributed by atoms with van der Waals surface area (Å²) in [6.45, 7) is 2.14. The number of H-pyrrole nitrogens is 1. The zero-order valence-electron chi connectivity index (χ0n) is 10.1. The molecule has 0 spiro atoms. The summed E-state index contributed by atoms with van der Waals surface area (Å²) in [5.74, 6) is 2.37. The molecule has 0 aliphatic heterocycles. The zero-order chi connectivity index (χ0) is 11.4. The zero-order valence-corrected chi connectivity index (χ0v) is 10.1. The van der Waals surface area contributed by atoms with Crippen molar-refractivity contribution >= 4 is 0 Å². The topological polar surface area (TPSA) is 67.6 Å². The molecule has 1 aromatic heterocycles. The molecule has 2 rings (SSSR count). The fourth-order valence-electron chi connectivity index (χ4n) is 2.51. The van der Waals surface area contributed by atoms with Gasteiger partial charge in [-0.15, -0.1) is 0 Å². The van der Waals surface area contributed by atoms with E-state index in [1.807, 2.05) is 0 Å². The van der Waals surface area contributed by atoms with Crippen molar-refractivity contribution in [2.24, 2.45) is 11.7 Å². The minimum atomic E-state index is 0.0298. The van der Waals surface area contributed by atoms with E-state index in [1.165, 1.54) is 32.1 Å². The Morgan fingerprint density at radius 2 is 2.12 bits per heavy atom. The van der Waals surface area contributed by atoms with E-state index in [-0.39, 0.29) is 6.04 Å². The summed E-state index contributed by atoms with van der Waals surface area (Å²) in [4.78, 5) is 4.48. The van der Waals surface area contributed by atoms with E-state index in [4.69, 9.17) is 5.73 Å². The first-order chi connectivity index (χ1) is 7.81. The summed E-state index contributed by atoms with van der Waals surface area (Å²) < 4.78 is 0. The van der Waals surface area contributed by atoms with Crippen LogP contribution in [-0.2, 0) is 6.42 Å². The molecule has 4 nitrogen and oxygen atoms in total. The van der Waals surface area contributed by atoms with Crippen molar-refractivity contribution in [3.05, 3.63) is 11.6 Å². The fourth-order valence-corrected chi connectivity index (χ4v) is 2.51. The second-order valence-electron chi connectivity index (χ2n) is 4.81. The Morgan fingerprint density at radius 3 is 2.81 bits per heavy atom. The molecule has 1 atom stereocenters. The summed E-state index contributed by atoms with van der Waals surface area (Å²) in [5, 5.41) is 7.23. The lowest BCUT2D eigenvalue weighted by atomic mass is 9.84. The second kappa shape index (κ2) is 5.43. The number of hydrogen-bond donors (Lipinski definition) is 2. The molecule has 0 radical (unpaired) electrons. The molecule has 3 N–H and O–H groups in total. The van der Waals surface area contributed by atoms with Crippen LogP contribution in [0.3, 0.4) is 0 Å². The first kappa shape index (κ1) is 11.6. The van der Waals surface area contributed by atoms with Crippen molar-refractivity contribution < 1.29 is 0 Å². The van der Waals surface area contributed by atoms with Crippen LogP contribution in [0.2, 0.25) is 0 Å². The summed E-state index contributed by atoms with van der Waals surface area (Å²) >= 11 is 0. The molecule has 1 fully saturated rings. The smallest absolute Gasteiger partial charge is 0.167 e. The summed E-state index contributed by atoms with van der Waals surface area (Å²) in [7, 11) is 0. The highest BCUT2D eigenvalue weighted by atomic mass is 15.2. The molecule has 0 amide bonds. The molecule has 1 aromatic rings. The van der Waals surface area contributed by atoms with Crippen LogP contribution in [0.4, 0.5) is 0 Å². The predicted octanol–water partition coefficient (Wildman–Crippen LogP) is 2.34. The monoisotopic (exact) mass is 222 g/mol. The van der Waals surface area contributed by atoms with Gasteiger partial charge in [0.25, 0.3) is 0 Å². The van der Waals surface area contributed by atoms with E-state index in [2.05, 4.69) is 22.1 Å². The molecule has 1 unspecified atom stereocenters. The van der Waals surface area contributed by atoms with Gasteiger partial charge in [-0.05, 0) is 25.2 Å². The lowest BCUT2D eigenvalue weighted by Crippen LogP contribution is -2.24. The highest BCUT2D eigenvalue weighted by Crippen LogP contribution is 2.31. The molecule has 1 aliphatic rings. The van der Waals surface area contributed by atoms with Crippen LogP contribution < -0.4 is 5.73 Å². The number of aromatic amines is 1. The molecule has 0 bridgehead atoms. The third-order valence-corrected chi connectivity index (χ3v) is 3.49. The standard InChI is InChI=1S/C12H22N4/c1-2-6-10-14-12(16-15-10)11(13)9-7-4-3-5-8-9/h9,11H,2-8,13H2,1H3,(H,14,15,16). The number of aryl methyl sites for hydroxylation is 1. The van der Waals surface area contributed by atoms with Gasteiger partial charge in [-0.1, -0.05) is 26.2 Å². The first-order valence-corrected chi connectivity index (χ1v) is 6.48. The van der Waals surface area contributed by atoms with Crippen molar-refractivity contribution in [3.8, 4) is 0 Å². The van der Waals surface area contributed by atoms with Gasteiger partial charge in [0.05, 0.1) is 6.04 Å². The second-order valence-corrected chi connectivity index (χ2v) is 4.81. The molecule has 1 aliphatic carbocycles. The molecule has 1 heterocycles. The van der Waals surface area contributed by atoms with Gasteiger partial charge in [0.15, 0.2) is 5.82 Å². The largest absolute Gasteiger partial charge is 0.321 e. The van der Waals surface area contributed by atoms with E-state index >= 15 is 0 Å². The molecule has 0 saturated heterocycles. The molecule has 1 saturated carbocycles. The normalized spacial score (nSPS) is 19.9. The Bertz CT molecular complexity index is 315. The Hall–Kier alpha value is -0.900. The van der Waals surface area contributed by atoms with Crippen LogP contribution in [0.1, 0.15) is 63.1 Å². The SMILES string of the molecule is CCCc1nc(C(N)C2CCCCC2)n[nH]1. The van der Waals surface area contributed by atoms with Crippen molar-refractivity contribution in [3.63, 3.8) is 0 Å². The highest BCUT2D eigenvalue weighted by Gasteiger charge is 2.24. The summed E-state index contributed by atoms with van der Waals surface area (Å²) in [6, 6.07) is 0.0298. The lowest BCUT2D eigenvalue weighted by Gasteiger charge is -2.25. The van der Waals surface area contributed by atoms with Crippen LogP contribution in [0.15, 0.2) is 0 Å². The van der Waals surface area contributed by atoms with Gasteiger partial charge < -0.3 is 5.73 Å². The summed E-state index contributed by atoms with van der Waals surface area (Å²) in [5.41, 5.74) is 6.23. The Labute approximate surface area is 97.0 Å². The lowest BCUT2D eigenvalue weighted by molar-refractivity contribution is 0.301. The van der Waals surface area contributed by atoms with Gasteiger partial charge in [-0.3, -0.25) is 5.10 Å². The van der Waals surface area contributed by atoms with Gasteiger partial charge in [0, 0.05) is 6.42 Å². The maximum atomic E-state index is 6.23. The van der Waals surface area contributed by atoms with E-state index in [0.29, 0.717) is 5.92 Å². The number of nitrogens with two attached hydrogens (primary N) is 1. The maximum absolute atomic E-state index is 6.23. The average molecular weight is 222 g/mol. The van der Waals surface area contributed by atoms with Gasteiger partial charge in [0.2, 0.25) is 0 Å². The third kappa shape index (κ3) is 2.61. The highest BCUT2D eigenvalue weighted by molar-refractivity contribution is 4.98. The van der Waals surface area contributed by atoms with Crippen LogP contribution in [0.5, 0.6) is 0 Å². The number of aromatic nitrogens is 3. The quantitative estimate of drug-likeness (QED) is 0.821. The Balaban J connectivity index is 1.98. The van der Waals surface area contributed by atoms with Gasteiger partial charge in [0.1, 0.15) is 5.82 Å². The maximum Gasteiger partial charge on any atom is 0.167 e. The number of hydrogen-bond acceptors (Lipinski definition) is 3. The van der Waals surface area contributed by atoms with E-state index in [9.17, 15) is 0 Å².